The van der Waals surface area contributed by atoms with Gasteiger partial charge in [-0.2, -0.15) is 5.26 Å². The van der Waals surface area contributed by atoms with E-state index in [0.717, 1.165) is 3.57 Å². The molecule has 0 bridgehead atoms. The molecule has 0 aromatic heterocycles. The Kier molecular flexibility index (Phi) is 2.58. The van der Waals surface area contributed by atoms with E-state index in [1.807, 2.05) is 6.07 Å². The van der Waals surface area contributed by atoms with Gasteiger partial charge in [0.1, 0.15) is 6.07 Å². The highest BCUT2D eigenvalue weighted by Gasteiger charge is 2.05. The zero-order chi connectivity index (χ0) is 8.43. The number of benzene rings is 1. The van der Waals surface area contributed by atoms with Gasteiger partial charge in [0.2, 0.25) is 0 Å². The summed E-state index contributed by atoms with van der Waals surface area (Å²) in [6.45, 7) is 0. The monoisotopic (exact) mass is 278 g/mol. The molecule has 0 aliphatic carbocycles. The first-order valence-electron chi connectivity index (χ1n) is 2.80. The molecule has 0 fully saturated rings. The van der Waals surface area contributed by atoms with Gasteiger partial charge in [-0.15, -0.1) is 0 Å². The van der Waals surface area contributed by atoms with Crippen molar-refractivity contribution in [3.05, 3.63) is 26.3 Å². The average Bonchev–Trinajstić information content (AvgIpc) is 1.99. The number of anilines is 1. The van der Waals surface area contributed by atoms with Crippen LogP contribution in [0.1, 0.15) is 5.56 Å². The minimum atomic E-state index is 0.360. The van der Waals surface area contributed by atoms with Gasteiger partial charge >= 0.3 is 0 Å². The number of halogens is 2. The molecule has 0 spiro atoms. The van der Waals surface area contributed by atoms with E-state index in [1.54, 1.807) is 12.1 Å². The van der Waals surface area contributed by atoms with Crippen molar-refractivity contribution in [2.24, 2.45) is 0 Å². The molecule has 56 valence electrons. The van der Waals surface area contributed by atoms with Crippen LogP contribution in [-0.2, 0) is 0 Å². The summed E-state index contributed by atoms with van der Waals surface area (Å²) in [5.74, 6) is 0. The highest BCUT2D eigenvalue weighted by molar-refractivity contribution is 14.1. The van der Waals surface area contributed by atoms with Gasteiger partial charge in [0.15, 0.2) is 0 Å². The van der Waals surface area contributed by atoms with Crippen LogP contribution in [0.5, 0.6) is 0 Å². The molecule has 0 radical (unpaired) electrons. The van der Waals surface area contributed by atoms with Crippen molar-refractivity contribution < 1.29 is 0 Å². The van der Waals surface area contributed by atoms with Crippen molar-refractivity contribution in [2.75, 3.05) is 5.73 Å². The van der Waals surface area contributed by atoms with Gasteiger partial charge in [0.25, 0.3) is 0 Å². The molecule has 0 aliphatic rings. The number of nitrogens with zero attached hydrogens (tertiary/aromatic N) is 1. The smallest absolute Gasteiger partial charge is 0.103 e. The number of nitrogen functional groups attached to an aromatic ring is 1. The van der Waals surface area contributed by atoms with Gasteiger partial charge in [-0.25, -0.2) is 0 Å². The molecule has 0 unspecified atom stereocenters. The Balaban J connectivity index is 3.44. The summed E-state index contributed by atoms with van der Waals surface area (Å²) in [5, 5.41) is 9.01. The van der Waals surface area contributed by atoms with Crippen LogP contribution in [0.3, 0.4) is 0 Å². The highest BCUT2D eigenvalue weighted by atomic mass is 127. The second kappa shape index (κ2) is 3.28. The molecule has 1 aromatic carbocycles. The third kappa shape index (κ3) is 1.57. The van der Waals surface area contributed by atoms with Gasteiger partial charge in [-0.3, -0.25) is 0 Å². The van der Waals surface area contributed by atoms with E-state index in [-0.39, 0.29) is 0 Å². The summed E-state index contributed by atoms with van der Waals surface area (Å²) < 4.78 is 0.851. The lowest BCUT2D eigenvalue weighted by atomic mass is 10.2. The highest BCUT2D eigenvalue weighted by Crippen LogP contribution is 2.25. The summed E-state index contributed by atoms with van der Waals surface area (Å²) in [6.07, 6.45) is 0. The normalized spacial score (nSPS) is 9.18. The molecule has 0 saturated heterocycles. The molecule has 0 heterocycles. The summed E-state index contributed by atoms with van der Waals surface area (Å²) >= 11 is 7.75. The second-order valence-electron chi connectivity index (χ2n) is 1.93. The summed E-state index contributed by atoms with van der Waals surface area (Å²) in [7, 11) is 0. The third-order valence-electron chi connectivity index (χ3n) is 1.25. The maximum absolute atomic E-state index is 8.61. The number of nitrogens with two attached hydrogens (primary N) is 1. The van der Waals surface area contributed by atoms with E-state index in [4.69, 9.17) is 22.6 Å². The fraction of sp³-hybridized carbons (Fsp3) is 0. The first-order valence-corrected chi connectivity index (χ1v) is 4.26. The first kappa shape index (κ1) is 8.62. The number of hydrogen-bond donors (Lipinski definition) is 1. The average molecular weight is 278 g/mol. The molecule has 2 nitrogen and oxygen atoms in total. The number of rotatable bonds is 0. The van der Waals surface area contributed by atoms with Gasteiger partial charge in [-0.1, -0.05) is 11.6 Å². The summed E-state index contributed by atoms with van der Waals surface area (Å²) in [5.41, 5.74) is 6.40. The van der Waals surface area contributed by atoms with Crippen LogP contribution in [-0.4, -0.2) is 0 Å². The van der Waals surface area contributed by atoms with Crippen LogP contribution in [0.4, 0.5) is 5.69 Å². The van der Waals surface area contributed by atoms with Crippen LogP contribution < -0.4 is 5.73 Å². The van der Waals surface area contributed by atoms with Crippen molar-refractivity contribution in [3.63, 3.8) is 0 Å². The Morgan fingerprint density at radius 3 is 2.64 bits per heavy atom. The van der Waals surface area contributed by atoms with E-state index in [9.17, 15) is 0 Å². The summed E-state index contributed by atoms with van der Waals surface area (Å²) in [4.78, 5) is 0. The van der Waals surface area contributed by atoms with Gasteiger partial charge in [0, 0.05) is 3.57 Å². The Morgan fingerprint density at radius 1 is 1.55 bits per heavy atom. The minimum absolute atomic E-state index is 0.360. The molecule has 1 rings (SSSR count). The molecule has 11 heavy (non-hydrogen) atoms. The number of hydrogen-bond acceptors (Lipinski definition) is 2. The Morgan fingerprint density at radius 2 is 2.18 bits per heavy atom. The maximum Gasteiger partial charge on any atom is 0.103 e. The van der Waals surface area contributed by atoms with Crippen molar-refractivity contribution in [1.29, 1.82) is 5.26 Å². The van der Waals surface area contributed by atoms with Crippen LogP contribution in [0.25, 0.3) is 0 Å². The van der Waals surface area contributed by atoms with E-state index >= 15 is 0 Å². The molecular formula is C7H4ClIN2. The van der Waals surface area contributed by atoms with Crippen LogP contribution in [0.15, 0.2) is 12.1 Å². The predicted molar refractivity (Wildman–Crippen MR) is 53.3 cm³/mol. The predicted octanol–water partition coefficient (Wildman–Crippen LogP) is 2.40. The molecule has 0 atom stereocenters. The molecule has 0 saturated carbocycles. The van der Waals surface area contributed by atoms with E-state index in [2.05, 4.69) is 22.6 Å². The standard InChI is InChI=1S/C7H4ClIN2/c8-5-1-2-6(9)7(11)4(5)3-10/h1-2H,11H2. The maximum atomic E-state index is 8.61. The molecule has 2 N–H and O–H groups in total. The van der Waals surface area contributed by atoms with Gasteiger partial charge < -0.3 is 5.73 Å². The zero-order valence-corrected chi connectivity index (χ0v) is 8.35. The molecule has 4 heteroatoms. The zero-order valence-electron chi connectivity index (χ0n) is 5.44. The lowest BCUT2D eigenvalue weighted by molar-refractivity contribution is 1.47. The van der Waals surface area contributed by atoms with Crippen molar-refractivity contribution in [1.82, 2.24) is 0 Å². The minimum Gasteiger partial charge on any atom is -0.397 e. The van der Waals surface area contributed by atoms with Crippen molar-refractivity contribution >= 4 is 39.9 Å². The Hall–Kier alpha value is -0.470. The third-order valence-corrected chi connectivity index (χ3v) is 2.51. The lowest BCUT2D eigenvalue weighted by Crippen LogP contribution is -1.94. The lowest BCUT2D eigenvalue weighted by Gasteiger charge is -2.00. The Bertz CT molecular complexity index is 330. The largest absolute Gasteiger partial charge is 0.397 e. The summed E-state index contributed by atoms with van der Waals surface area (Å²) in [6, 6.07) is 5.38. The fourth-order valence-electron chi connectivity index (χ4n) is 0.681. The van der Waals surface area contributed by atoms with E-state index in [1.165, 1.54) is 0 Å². The first-order chi connectivity index (χ1) is 5.16. The molecular weight excluding hydrogens is 274 g/mol. The number of nitriles is 1. The van der Waals surface area contributed by atoms with Gasteiger partial charge in [-0.05, 0) is 34.7 Å². The molecule has 1 aromatic rings. The fourth-order valence-corrected chi connectivity index (χ4v) is 1.34. The molecule has 0 aliphatic heterocycles. The van der Waals surface area contributed by atoms with Crippen molar-refractivity contribution in [2.45, 2.75) is 0 Å². The topological polar surface area (TPSA) is 49.8 Å². The second-order valence-corrected chi connectivity index (χ2v) is 3.50. The van der Waals surface area contributed by atoms with E-state index in [0.29, 0.717) is 16.3 Å². The van der Waals surface area contributed by atoms with E-state index < -0.39 is 0 Å². The van der Waals surface area contributed by atoms with Crippen LogP contribution in [0.2, 0.25) is 5.02 Å². The SMILES string of the molecule is N#Cc1c(Cl)ccc(I)c1N. The molecule has 0 amide bonds. The van der Waals surface area contributed by atoms with Gasteiger partial charge in [0.05, 0.1) is 16.3 Å². The quantitative estimate of drug-likeness (QED) is 0.585. The van der Waals surface area contributed by atoms with Crippen LogP contribution >= 0.6 is 34.2 Å². The Labute approximate surface area is 83.1 Å². The van der Waals surface area contributed by atoms with Crippen molar-refractivity contribution in [3.8, 4) is 6.07 Å². The van der Waals surface area contributed by atoms with Crippen LogP contribution in [0, 0.1) is 14.9 Å².